The normalized spacial score (nSPS) is 10.3. The zero-order valence-corrected chi connectivity index (χ0v) is 8.80. The van der Waals surface area contributed by atoms with E-state index in [1.807, 2.05) is 0 Å². The van der Waals surface area contributed by atoms with E-state index in [4.69, 9.17) is 10.2 Å². The highest BCUT2D eigenvalue weighted by Gasteiger charge is 2.14. The summed E-state index contributed by atoms with van der Waals surface area (Å²) >= 11 is 0. The van der Waals surface area contributed by atoms with E-state index in [0.717, 1.165) is 5.56 Å². The summed E-state index contributed by atoms with van der Waals surface area (Å²) < 4.78 is 6.34. The molecule has 2 aromatic heterocycles. The molecule has 0 spiro atoms. The average Bonchev–Trinajstić information content (AvgIpc) is 2.86. The summed E-state index contributed by atoms with van der Waals surface area (Å²) in [5, 5.41) is 6.62. The summed E-state index contributed by atoms with van der Waals surface area (Å²) in [4.78, 5) is 11.8. The lowest BCUT2D eigenvalue weighted by Gasteiger charge is -2.04. The summed E-state index contributed by atoms with van der Waals surface area (Å²) in [6.07, 6.45) is 4.58. The van der Waals surface area contributed by atoms with Crippen LogP contribution in [0.4, 0.5) is 5.69 Å². The first-order valence-corrected chi connectivity index (χ1v) is 4.75. The molecule has 0 aromatic carbocycles. The van der Waals surface area contributed by atoms with Gasteiger partial charge >= 0.3 is 0 Å². The molecule has 0 aliphatic carbocycles. The van der Waals surface area contributed by atoms with Crippen molar-refractivity contribution in [2.45, 2.75) is 6.54 Å². The highest BCUT2D eigenvalue weighted by atomic mass is 16.3. The van der Waals surface area contributed by atoms with Crippen LogP contribution in [0, 0.1) is 0 Å². The Hall–Kier alpha value is -2.24. The Morgan fingerprint density at radius 1 is 1.69 bits per heavy atom. The van der Waals surface area contributed by atoms with Crippen molar-refractivity contribution in [1.29, 1.82) is 0 Å². The summed E-state index contributed by atoms with van der Waals surface area (Å²) in [5.74, 6) is -0.251. The number of nitrogens with one attached hydrogen (secondary N) is 1. The molecule has 6 nitrogen and oxygen atoms in total. The van der Waals surface area contributed by atoms with Gasteiger partial charge in [0.25, 0.3) is 5.91 Å². The standard InChI is InChI=1S/C10H12N4O2/c1-14-9(8(11)5-13-14)10(15)12-4-7-2-3-16-6-7/h2-3,5-6H,4,11H2,1H3,(H,12,15). The van der Waals surface area contributed by atoms with Crippen LogP contribution in [0.2, 0.25) is 0 Å². The molecule has 0 aliphatic rings. The molecule has 0 saturated heterocycles. The molecule has 84 valence electrons. The van der Waals surface area contributed by atoms with Crippen molar-refractivity contribution >= 4 is 11.6 Å². The SMILES string of the molecule is Cn1ncc(N)c1C(=O)NCc1ccoc1. The van der Waals surface area contributed by atoms with E-state index in [1.165, 1.54) is 10.9 Å². The molecule has 0 fully saturated rings. The zero-order chi connectivity index (χ0) is 11.5. The van der Waals surface area contributed by atoms with Gasteiger partial charge in [0.15, 0.2) is 0 Å². The molecule has 2 heterocycles. The Labute approximate surface area is 92.0 Å². The molecular weight excluding hydrogens is 208 g/mol. The number of hydrogen-bond acceptors (Lipinski definition) is 4. The van der Waals surface area contributed by atoms with Crippen LogP contribution >= 0.6 is 0 Å². The maximum absolute atomic E-state index is 11.8. The Bertz CT molecular complexity index is 467. The van der Waals surface area contributed by atoms with Gasteiger partial charge in [-0.05, 0) is 6.07 Å². The molecule has 2 aromatic rings. The monoisotopic (exact) mass is 220 g/mol. The topological polar surface area (TPSA) is 86.1 Å². The molecule has 0 aliphatic heterocycles. The van der Waals surface area contributed by atoms with Crippen molar-refractivity contribution in [3.05, 3.63) is 36.0 Å². The van der Waals surface area contributed by atoms with E-state index < -0.39 is 0 Å². The van der Waals surface area contributed by atoms with Gasteiger partial charge in [0, 0.05) is 19.2 Å². The minimum absolute atomic E-state index is 0.251. The van der Waals surface area contributed by atoms with Crippen LogP contribution in [-0.2, 0) is 13.6 Å². The van der Waals surface area contributed by atoms with Crippen LogP contribution in [0.3, 0.4) is 0 Å². The molecule has 16 heavy (non-hydrogen) atoms. The third-order valence-corrected chi connectivity index (χ3v) is 2.22. The van der Waals surface area contributed by atoms with E-state index in [2.05, 4.69) is 10.4 Å². The number of carbonyl (C=O) groups is 1. The van der Waals surface area contributed by atoms with Crippen molar-refractivity contribution in [3.8, 4) is 0 Å². The van der Waals surface area contributed by atoms with Crippen LogP contribution in [0.25, 0.3) is 0 Å². The van der Waals surface area contributed by atoms with Crippen molar-refractivity contribution in [2.24, 2.45) is 7.05 Å². The lowest BCUT2D eigenvalue weighted by molar-refractivity contribution is 0.0942. The molecule has 0 atom stereocenters. The predicted molar refractivity (Wildman–Crippen MR) is 57.5 cm³/mol. The largest absolute Gasteiger partial charge is 0.472 e. The molecule has 6 heteroatoms. The smallest absolute Gasteiger partial charge is 0.271 e. The summed E-state index contributed by atoms with van der Waals surface area (Å²) in [6, 6.07) is 1.78. The first-order chi connectivity index (χ1) is 7.68. The number of hydrogen-bond donors (Lipinski definition) is 2. The number of nitrogens with zero attached hydrogens (tertiary/aromatic N) is 2. The Balaban J connectivity index is 2.04. The van der Waals surface area contributed by atoms with Crippen molar-refractivity contribution in [1.82, 2.24) is 15.1 Å². The number of aromatic nitrogens is 2. The van der Waals surface area contributed by atoms with Gasteiger partial charge in [-0.1, -0.05) is 0 Å². The first-order valence-electron chi connectivity index (χ1n) is 4.75. The minimum atomic E-state index is -0.251. The number of nitrogens with two attached hydrogens (primary N) is 1. The fourth-order valence-corrected chi connectivity index (χ4v) is 1.39. The van der Waals surface area contributed by atoms with E-state index >= 15 is 0 Å². The van der Waals surface area contributed by atoms with Crippen LogP contribution < -0.4 is 11.1 Å². The van der Waals surface area contributed by atoms with Gasteiger partial charge in [-0.25, -0.2) is 0 Å². The number of nitrogen functional groups attached to an aromatic ring is 1. The van der Waals surface area contributed by atoms with Crippen molar-refractivity contribution in [2.75, 3.05) is 5.73 Å². The van der Waals surface area contributed by atoms with Crippen LogP contribution in [0.5, 0.6) is 0 Å². The number of furan rings is 1. The fourth-order valence-electron chi connectivity index (χ4n) is 1.39. The molecule has 1 amide bonds. The fraction of sp³-hybridized carbons (Fsp3) is 0.200. The van der Waals surface area contributed by atoms with Gasteiger partial charge in [-0.15, -0.1) is 0 Å². The quantitative estimate of drug-likeness (QED) is 0.789. The van der Waals surface area contributed by atoms with Crippen LogP contribution in [0.15, 0.2) is 29.2 Å². The average molecular weight is 220 g/mol. The van der Waals surface area contributed by atoms with Crippen molar-refractivity contribution < 1.29 is 9.21 Å². The highest BCUT2D eigenvalue weighted by molar-refractivity contribution is 5.97. The molecule has 2 rings (SSSR count). The predicted octanol–water partition coefficient (Wildman–Crippen LogP) is 0.525. The molecule has 0 unspecified atom stereocenters. The third-order valence-electron chi connectivity index (χ3n) is 2.22. The van der Waals surface area contributed by atoms with Gasteiger partial charge in [0.1, 0.15) is 5.69 Å². The maximum Gasteiger partial charge on any atom is 0.271 e. The minimum Gasteiger partial charge on any atom is -0.472 e. The van der Waals surface area contributed by atoms with Gasteiger partial charge in [-0.3, -0.25) is 9.48 Å². The summed E-state index contributed by atoms with van der Waals surface area (Å²) in [7, 11) is 1.67. The third kappa shape index (κ3) is 1.90. The molecule has 0 radical (unpaired) electrons. The molecule has 0 bridgehead atoms. The lowest BCUT2D eigenvalue weighted by atomic mass is 10.3. The first kappa shape index (κ1) is 10.3. The van der Waals surface area contributed by atoms with E-state index in [9.17, 15) is 4.79 Å². The maximum atomic E-state index is 11.8. The molecular formula is C10H12N4O2. The Morgan fingerprint density at radius 3 is 3.06 bits per heavy atom. The van der Waals surface area contributed by atoms with E-state index in [1.54, 1.807) is 25.6 Å². The van der Waals surface area contributed by atoms with Gasteiger partial charge in [-0.2, -0.15) is 5.10 Å². The van der Waals surface area contributed by atoms with Gasteiger partial charge in [0.05, 0.1) is 24.4 Å². The van der Waals surface area contributed by atoms with E-state index in [0.29, 0.717) is 17.9 Å². The number of rotatable bonds is 3. The Morgan fingerprint density at radius 2 is 2.50 bits per heavy atom. The second-order valence-electron chi connectivity index (χ2n) is 3.39. The van der Waals surface area contributed by atoms with Crippen molar-refractivity contribution in [3.63, 3.8) is 0 Å². The molecule has 3 N–H and O–H groups in total. The number of anilines is 1. The Kier molecular flexibility index (Phi) is 2.63. The number of aryl methyl sites for hydroxylation is 1. The van der Waals surface area contributed by atoms with Crippen LogP contribution in [-0.4, -0.2) is 15.7 Å². The second-order valence-corrected chi connectivity index (χ2v) is 3.39. The number of amides is 1. The summed E-state index contributed by atoms with van der Waals surface area (Å²) in [6.45, 7) is 0.403. The van der Waals surface area contributed by atoms with Crippen LogP contribution in [0.1, 0.15) is 16.1 Å². The lowest BCUT2D eigenvalue weighted by Crippen LogP contribution is -2.25. The molecule has 0 saturated carbocycles. The summed E-state index contributed by atoms with van der Waals surface area (Å²) in [5.41, 5.74) is 7.26. The van der Waals surface area contributed by atoms with E-state index in [-0.39, 0.29) is 5.91 Å². The highest BCUT2D eigenvalue weighted by Crippen LogP contribution is 2.09. The number of carbonyl (C=O) groups excluding carboxylic acids is 1. The van der Waals surface area contributed by atoms with Gasteiger partial charge in [0.2, 0.25) is 0 Å². The second kappa shape index (κ2) is 4.09. The zero-order valence-electron chi connectivity index (χ0n) is 8.80. The van der Waals surface area contributed by atoms with Gasteiger partial charge < -0.3 is 15.5 Å².